The fourth-order valence-electron chi connectivity index (χ4n) is 2.67. The van der Waals surface area contributed by atoms with Crippen LogP contribution >= 0.6 is 0 Å². The van der Waals surface area contributed by atoms with Crippen LogP contribution in [0.5, 0.6) is 0 Å². The van der Waals surface area contributed by atoms with Crippen LogP contribution in [0.2, 0.25) is 0 Å². The lowest BCUT2D eigenvalue weighted by atomic mass is 10.1. The van der Waals surface area contributed by atoms with Gasteiger partial charge in [0.05, 0.1) is 17.4 Å². The highest BCUT2D eigenvalue weighted by molar-refractivity contribution is 6.28. The van der Waals surface area contributed by atoms with Crippen LogP contribution in [-0.4, -0.2) is 21.8 Å². The summed E-state index contributed by atoms with van der Waals surface area (Å²) in [5.74, 6) is -2.07. The van der Waals surface area contributed by atoms with Crippen LogP contribution in [0.4, 0.5) is 37.7 Å². The summed E-state index contributed by atoms with van der Waals surface area (Å²) >= 11 is 0. The van der Waals surface area contributed by atoms with E-state index in [1.807, 2.05) is 0 Å². The molecule has 6 nitrogen and oxygen atoms in total. The zero-order valence-corrected chi connectivity index (χ0v) is 16.9. The third kappa shape index (κ3) is 6.40. The van der Waals surface area contributed by atoms with Crippen LogP contribution in [0.25, 0.3) is 6.08 Å². The van der Waals surface area contributed by atoms with Gasteiger partial charge in [0, 0.05) is 18.1 Å². The lowest BCUT2D eigenvalue weighted by Gasteiger charge is -2.12. The fraction of sp³-hybridized carbons (Fsp3) is 0.0909. The van der Waals surface area contributed by atoms with Crippen molar-refractivity contribution in [3.05, 3.63) is 89.5 Å². The molecule has 0 fully saturated rings. The van der Waals surface area contributed by atoms with Gasteiger partial charge in [0.2, 0.25) is 0 Å². The molecule has 2 amide bonds. The van der Waals surface area contributed by atoms with Gasteiger partial charge in [0.25, 0.3) is 11.8 Å². The van der Waals surface area contributed by atoms with Crippen molar-refractivity contribution in [1.82, 2.24) is 9.97 Å². The van der Waals surface area contributed by atoms with Crippen LogP contribution in [0, 0.1) is 0 Å². The molecule has 2 N–H and O–H groups in total. The summed E-state index contributed by atoms with van der Waals surface area (Å²) in [6.45, 7) is 0. The van der Waals surface area contributed by atoms with Crippen molar-refractivity contribution in [3.8, 4) is 0 Å². The third-order valence-electron chi connectivity index (χ3n) is 4.24. The number of pyridine rings is 2. The maximum Gasteiger partial charge on any atom is 0.433 e. The molecule has 0 aliphatic heterocycles. The van der Waals surface area contributed by atoms with Gasteiger partial charge in [-0.3, -0.25) is 19.6 Å². The number of aromatic nitrogens is 2. The first-order valence-electron chi connectivity index (χ1n) is 9.38. The van der Waals surface area contributed by atoms with Crippen molar-refractivity contribution in [2.24, 2.45) is 0 Å². The van der Waals surface area contributed by atoms with E-state index in [1.165, 1.54) is 30.6 Å². The van der Waals surface area contributed by atoms with Crippen molar-refractivity contribution in [1.29, 1.82) is 0 Å². The Morgan fingerprint density at radius 1 is 0.794 bits per heavy atom. The number of carbonyl (C=O) groups excluding carboxylic acids is 2. The number of carbonyl (C=O) groups is 2. The van der Waals surface area contributed by atoms with Crippen LogP contribution in [-0.2, 0) is 21.9 Å². The van der Waals surface area contributed by atoms with E-state index >= 15 is 0 Å². The molecule has 0 saturated heterocycles. The van der Waals surface area contributed by atoms with E-state index in [4.69, 9.17) is 0 Å². The average molecular weight is 480 g/mol. The summed E-state index contributed by atoms with van der Waals surface area (Å²) in [4.78, 5) is 32.6. The molecule has 0 unspecified atom stereocenters. The summed E-state index contributed by atoms with van der Waals surface area (Å²) in [5, 5.41) is 4.58. The minimum atomic E-state index is -4.69. The zero-order chi connectivity index (χ0) is 24.9. The molecule has 0 aliphatic rings. The van der Waals surface area contributed by atoms with Gasteiger partial charge in [0.15, 0.2) is 0 Å². The van der Waals surface area contributed by atoms with E-state index in [0.29, 0.717) is 12.1 Å². The first kappa shape index (κ1) is 24.4. The summed E-state index contributed by atoms with van der Waals surface area (Å²) in [5.41, 5.74) is -2.87. The smallest absolute Gasteiger partial charge is 0.322 e. The molecule has 2 heterocycles. The summed E-state index contributed by atoms with van der Waals surface area (Å²) in [6, 6.07) is 8.34. The molecule has 0 atom stereocenters. The molecule has 0 radical (unpaired) electrons. The van der Waals surface area contributed by atoms with Gasteiger partial charge >= 0.3 is 12.4 Å². The first-order valence-corrected chi connectivity index (χ1v) is 9.38. The molecule has 0 saturated carbocycles. The molecule has 12 heteroatoms. The van der Waals surface area contributed by atoms with E-state index in [-0.39, 0.29) is 16.9 Å². The number of benzene rings is 1. The molecule has 0 bridgehead atoms. The number of nitrogens with one attached hydrogen (secondary N) is 2. The highest BCUT2D eigenvalue weighted by Gasteiger charge is 2.32. The van der Waals surface area contributed by atoms with Crippen LogP contribution in [0.15, 0.2) is 72.7 Å². The van der Waals surface area contributed by atoms with Gasteiger partial charge in [-0.2, -0.15) is 26.3 Å². The molecule has 0 aliphatic carbocycles. The van der Waals surface area contributed by atoms with E-state index in [2.05, 4.69) is 20.6 Å². The Hall–Kier alpha value is -4.22. The molecule has 34 heavy (non-hydrogen) atoms. The molecule has 1 aromatic carbocycles. The number of rotatable bonds is 5. The predicted octanol–water partition coefficient (Wildman–Crippen LogP) is 5.18. The van der Waals surface area contributed by atoms with Crippen LogP contribution in [0.1, 0.15) is 16.8 Å². The van der Waals surface area contributed by atoms with Crippen molar-refractivity contribution in [3.63, 3.8) is 0 Å². The molecule has 2 aromatic heterocycles. The minimum Gasteiger partial charge on any atom is -0.322 e. The first-order chi connectivity index (χ1) is 15.9. The Labute approximate surface area is 188 Å². The van der Waals surface area contributed by atoms with E-state index in [1.54, 1.807) is 0 Å². The molecule has 0 spiro atoms. The Morgan fingerprint density at radius 3 is 2.03 bits per heavy atom. The number of alkyl halides is 6. The summed E-state index contributed by atoms with van der Waals surface area (Å²) in [7, 11) is 0. The second kappa shape index (κ2) is 9.73. The van der Waals surface area contributed by atoms with Crippen molar-refractivity contribution >= 4 is 29.3 Å². The topological polar surface area (TPSA) is 84.0 Å². The predicted molar refractivity (Wildman–Crippen MR) is 110 cm³/mol. The van der Waals surface area contributed by atoms with Crippen molar-refractivity contribution in [2.45, 2.75) is 12.4 Å². The molecule has 176 valence electrons. The van der Waals surface area contributed by atoms with Gasteiger partial charge < -0.3 is 10.6 Å². The van der Waals surface area contributed by atoms with E-state index < -0.39 is 41.0 Å². The lowest BCUT2D eigenvalue weighted by molar-refractivity contribution is -0.141. The summed E-state index contributed by atoms with van der Waals surface area (Å²) in [6.07, 6.45) is -4.88. The molecule has 3 rings (SSSR count). The normalized spacial score (nSPS) is 12.2. The quantitative estimate of drug-likeness (QED) is 0.228. The number of amides is 2. The van der Waals surface area contributed by atoms with Crippen LogP contribution in [0.3, 0.4) is 0 Å². The maximum absolute atomic E-state index is 13.0. The van der Waals surface area contributed by atoms with Gasteiger partial charge in [-0.1, -0.05) is 12.1 Å². The SMILES string of the molecule is O=C(Nc1cccnc1)C(=Cc1ccc(C(F)(F)F)nc1)C(=O)Nc1cccc(C(F)(F)F)c1. The highest BCUT2D eigenvalue weighted by Crippen LogP contribution is 2.31. The summed E-state index contributed by atoms with van der Waals surface area (Å²) < 4.78 is 77.1. The third-order valence-corrected chi connectivity index (χ3v) is 4.24. The monoisotopic (exact) mass is 480 g/mol. The van der Waals surface area contributed by atoms with Gasteiger partial charge in [-0.15, -0.1) is 0 Å². The second-order valence-electron chi connectivity index (χ2n) is 6.76. The number of hydrogen-bond donors (Lipinski definition) is 2. The van der Waals surface area contributed by atoms with E-state index in [0.717, 1.165) is 30.5 Å². The average Bonchev–Trinajstić information content (AvgIpc) is 2.77. The van der Waals surface area contributed by atoms with E-state index in [9.17, 15) is 35.9 Å². The fourth-order valence-corrected chi connectivity index (χ4v) is 2.67. The van der Waals surface area contributed by atoms with Gasteiger partial charge in [0.1, 0.15) is 11.3 Å². The van der Waals surface area contributed by atoms with Crippen LogP contribution < -0.4 is 10.6 Å². The highest BCUT2D eigenvalue weighted by atomic mass is 19.4. The van der Waals surface area contributed by atoms with Gasteiger partial charge in [-0.25, -0.2) is 0 Å². The van der Waals surface area contributed by atoms with Crippen molar-refractivity contribution in [2.75, 3.05) is 10.6 Å². The number of halogens is 6. The maximum atomic E-state index is 13.0. The molecular formula is C22H14F6N4O2. The molecule has 3 aromatic rings. The van der Waals surface area contributed by atoms with Crippen molar-refractivity contribution < 1.29 is 35.9 Å². The second-order valence-corrected chi connectivity index (χ2v) is 6.76. The largest absolute Gasteiger partial charge is 0.433 e. The number of hydrogen-bond acceptors (Lipinski definition) is 4. The number of nitrogens with zero attached hydrogens (tertiary/aromatic N) is 2. The lowest BCUT2D eigenvalue weighted by Crippen LogP contribution is -2.25. The standard InChI is InChI=1S/C22H14F6N4O2/c23-21(24,25)14-3-1-4-15(10-14)31-19(33)17(20(34)32-16-5-2-8-29-12-16)9-13-6-7-18(30-11-13)22(26,27)28/h1-12H,(H,31,33)(H,32,34). The molecular weight excluding hydrogens is 466 g/mol. The number of anilines is 2. The Morgan fingerprint density at radius 2 is 1.47 bits per heavy atom. The Kier molecular flexibility index (Phi) is 6.99. The zero-order valence-electron chi connectivity index (χ0n) is 16.9. The van der Waals surface area contributed by atoms with Gasteiger partial charge in [-0.05, 0) is 48.0 Å². The Bertz CT molecular complexity index is 1210. The minimum absolute atomic E-state index is 0.0245. The Balaban J connectivity index is 1.93.